The van der Waals surface area contributed by atoms with Crippen molar-refractivity contribution in [3.05, 3.63) is 108 Å². The first-order valence-electron chi connectivity index (χ1n) is 10.7. The Morgan fingerprint density at radius 2 is 1.26 bits per heavy atom. The first kappa shape index (κ1) is 22.7. The Labute approximate surface area is 184 Å². The number of esters is 1. The van der Waals surface area contributed by atoms with Gasteiger partial charge in [-0.2, -0.15) is 0 Å². The number of aliphatic hydroxyl groups excluding tert-OH is 1. The van der Waals surface area contributed by atoms with Crippen LogP contribution in [-0.4, -0.2) is 23.3 Å². The molecule has 0 amide bonds. The van der Waals surface area contributed by atoms with Gasteiger partial charge in [0.1, 0.15) is 6.61 Å². The van der Waals surface area contributed by atoms with Crippen LogP contribution in [0.4, 0.5) is 0 Å². The molecule has 1 N–H and O–H groups in total. The summed E-state index contributed by atoms with van der Waals surface area (Å²) in [4.78, 5) is 12.9. The van der Waals surface area contributed by atoms with E-state index in [4.69, 9.17) is 9.47 Å². The summed E-state index contributed by atoms with van der Waals surface area (Å²) < 4.78 is 11.4. The number of ether oxygens (including phenoxy) is 2. The molecule has 4 heteroatoms. The minimum Gasteiger partial charge on any atom is -0.461 e. The standard InChI is InChI=1S/C27H30O4/c1-21(30-19-23-13-7-3-8-14-23)26(28)18-25(17-22-11-5-2-6-12-22)27(29)31-20-24-15-9-4-10-16-24/h2-16,21,25-26,28H,17-20H2,1H3/t21-,25?,26-/m0/s1. The monoisotopic (exact) mass is 418 g/mol. The maximum Gasteiger partial charge on any atom is 0.309 e. The van der Waals surface area contributed by atoms with Crippen LogP contribution in [0.1, 0.15) is 30.0 Å². The summed E-state index contributed by atoms with van der Waals surface area (Å²) in [5.41, 5.74) is 3.02. The summed E-state index contributed by atoms with van der Waals surface area (Å²) in [6, 6.07) is 29.3. The lowest BCUT2D eigenvalue weighted by molar-refractivity contribution is -0.152. The average molecular weight is 419 g/mol. The molecule has 0 aromatic heterocycles. The highest BCUT2D eigenvalue weighted by molar-refractivity contribution is 5.73. The molecular formula is C27H30O4. The van der Waals surface area contributed by atoms with Gasteiger partial charge in [-0.15, -0.1) is 0 Å². The van der Waals surface area contributed by atoms with Crippen molar-refractivity contribution in [2.45, 2.75) is 45.2 Å². The van der Waals surface area contributed by atoms with Crippen molar-refractivity contribution in [2.24, 2.45) is 5.92 Å². The van der Waals surface area contributed by atoms with Gasteiger partial charge in [-0.25, -0.2) is 0 Å². The van der Waals surface area contributed by atoms with E-state index in [9.17, 15) is 9.90 Å². The first-order valence-corrected chi connectivity index (χ1v) is 10.7. The highest BCUT2D eigenvalue weighted by Crippen LogP contribution is 2.20. The van der Waals surface area contributed by atoms with Gasteiger partial charge in [-0.3, -0.25) is 4.79 Å². The van der Waals surface area contributed by atoms with E-state index in [-0.39, 0.29) is 19.0 Å². The molecule has 0 spiro atoms. The Hall–Kier alpha value is -2.95. The number of carbonyl (C=O) groups excluding carboxylic acids is 1. The van der Waals surface area contributed by atoms with E-state index in [0.717, 1.165) is 16.7 Å². The number of rotatable bonds is 11. The zero-order valence-electron chi connectivity index (χ0n) is 17.9. The second kappa shape index (κ2) is 12.0. The van der Waals surface area contributed by atoms with Gasteiger partial charge in [-0.1, -0.05) is 91.0 Å². The van der Waals surface area contributed by atoms with E-state index in [0.29, 0.717) is 13.0 Å². The third-order valence-corrected chi connectivity index (χ3v) is 5.31. The molecule has 4 nitrogen and oxygen atoms in total. The van der Waals surface area contributed by atoms with Gasteiger partial charge in [0.15, 0.2) is 0 Å². The third-order valence-electron chi connectivity index (χ3n) is 5.31. The fraction of sp³-hybridized carbons (Fsp3) is 0.296. The first-order chi connectivity index (χ1) is 15.1. The highest BCUT2D eigenvalue weighted by atomic mass is 16.5. The zero-order chi connectivity index (χ0) is 21.9. The summed E-state index contributed by atoms with van der Waals surface area (Å²) in [5, 5.41) is 10.7. The van der Waals surface area contributed by atoms with Crippen LogP contribution >= 0.6 is 0 Å². The Bertz CT molecular complexity index is 896. The van der Waals surface area contributed by atoms with Crippen LogP contribution < -0.4 is 0 Å². The number of hydrogen-bond acceptors (Lipinski definition) is 4. The predicted molar refractivity (Wildman–Crippen MR) is 121 cm³/mol. The summed E-state index contributed by atoms with van der Waals surface area (Å²) in [7, 11) is 0. The van der Waals surface area contributed by atoms with Crippen LogP contribution in [0, 0.1) is 5.92 Å². The Morgan fingerprint density at radius 1 is 0.774 bits per heavy atom. The maximum absolute atomic E-state index is 12.9. The molecule has 3 aromatic rings. The molecule has 31 heavy (non-hydrogen) atoms. The Kier molecular flexibility index (Phi) is 8.83. The minimum atomic E-state index is -0.776. The number of benzene rings is 3. The van der Waals surface area contributed by atoms with Crippen LogP contribution in [-0.2, 0) is 33.9 Å². The normalized spacial score (nSPS) is 13.9. The molecular weight excluding hydrogens is 388 g/mol. The van der Waals surface area contributed by atoms with Gasteiger partial charge < -0.3 is 14.6 Å². The predicted octanol–water partition coefficient (Wildman–Crippen LogP) is 4.95. The lowest BCUT2D eigenvalue weighted by Crippen LogP contribution is -2.32. The molecule has 0 bridgehead atoms. The van der Waals surface area contributed by atoms with Crippen molar-refractivity contribution in [1.29, 1.82) is 0 Å². The van der Waals surface area contributed by atoms with E-state index in [1.807, 2.05) is 97.9 Å². The topological polar surface area (TPSA) is 55.8 Å². The zero-order valence-corrected chi connectivity index (χ0v) is 17.9. The van der Waals surface area contributed by atoms with Crippen LogP contribution in [0.2, 0.25) is 0 Å². The van der Waals surface area contributed by atoms with Crippen molar-refractivity contribution in [1.82, 2.24) is 0 Å². The summed E-state index contributed by atoms with van der Waals surface area (Å²) >= 11 is 0. The summed E-state index contributed by atoms with van der Waals surface area (Å²) in [6.45, 7) is 2.48. The minimum absolute atomic E-state index is 0.223. The van der Waals surface area contributed by atoms with Gasteiger partial charge in [0.2, 0.25) is 0 Å². The van der Waals surface area contributed by atoms with Crippen molar-refractivity contribution in [3.8, 4) is 0 Å². The van der Waals surface area contributed by atoms with E-state index in [2.05, 4.69) is 0 Å². The number of carbonyl (C=O) groups is 1. The van der Waals surface area contributed by atoms with Gasteiger partial charge in [0.05, 0.1) is 24.7 Å². The molecule has 162 valence electrons. The fourth-order valence-corrected chi connectivity index (χ4v) is 3.40. The fourth-order valence-electron chi connectivity index (χ4n) is 3.40. The van der Waals surface area contributed by atoms with E-state index in [1.165, 1.54) is 0 Å². The van der Waals surface area contributed by atoms with E-state index in [1.54, 1.807) is 0 Å². The smallest absolute Gasteiger partial charge is 0.309 e. The van der Waals surface area contributed by atoms with Crippen LogP contribution in [0.25, 0.3) is 0 Å². The Morgan fingerprint density at radius 3 is 1.81 bits per heavy atom. The summed E-state index contributed by atoms with van der Waals surface area (Å²) in [6.07, 6.45) is -0.392. The van der Waals surface area contributed by atoms with Crippen LogP contribution in [0.3, 0.4) is 0 Å². The lowest BCUT2D eigenvalue weighted by Gasteiger charge is -2.24. The second-order valence-corrected chi connectivity index (χ2v) is 7.78. The van der Waals surface area contributed by atoms with E-state index < -0.39 is 18.1 Å². The molecule has 3 rings (SSSR count). The van der Waals surface area contributed by atoms with Gasteiger partial charge in [0, 0.05) is 0 Å². The highest BCUT2D eigenvalue weighted by Gasteiger charge is 2.27. The molecule has 0 heterocycles. The molecule has 0 aliphatic carbocycles. The SMILES string of the molecule is C[C@H](OCc1ccccc1)[C@@H](O)CC(Cc1ccccc1)C(=O)OCc1ccccc1. The van der Waals surface area contributed by atoms with Crippen molar-refractivity contribution in [2.75, 3.05) is 0 Å². The van der Waals surface area contributed by atoms with Gasteiger partial charge in [0.25, 0.3) is 0 Å². The van der Waals surface area contributed by atoms with Crippen LogP contribution in [0.15, 0.2) is 91.0 Å². The molecule has 3 atom stereocenters. The maximum atomic E-state index is 12.9. The van der Waals surface area contributed by atoms with Gasteiger partial charge in [-0.05, 0) is 36.5 Å². The van der Waals surface area contributed by atoms with Crippen molar-refractivity contribution >= 4 is 5.97 Å². The van der Waals surface area contributed by atoms with Crippen LogP contribution in [0.5, 0.6) is 0 Å². The molecule has 0 fully saturated rings. The summed E-state index contributed by atoms with van der Waals surface area (Å²) in [5.74, 6) is -0.758. The average Bonchev–Trinajstić information content (AvgIpc) is 2.82. The largest absolute Gasteiger partial charge is 0.461 e. The molecule has 0 saturated heterocycles. The molecule has 0 aliphatic heterocycles. The number of hydrogen-bond donors (Lipinski definition) is 1. The number of aliphatic hydroxyl groups is 1. The Balaban J connectivity index is 1.60. The van der Waals surface area contributed by atoms with Crippen molar-refractivity contribution < 1.29 is 19.4 Å². The molecule has 1 unspecified atom stereocenters. The van der Waals surface area contributed by atoms with Gasteiger partial charge >= 0.3 is 5.97 Å². The molecule has 0 radical (unpaired) electrons. The molecule has 3 aromatic carbocycles. The quantitative estimate of drug-likeness (QED) is 0.448. The van der Waals surface area contributed by atoms with E-state index >= 15 is 0 Å². The molecule has 0 aliphatic rings. The third kappa shape index (κ3) is 7.67. The second-order valence-electron chi connectivity index (χ2n) is 7.78. The van der Waals surface area contributed by atoms with Crippen molar-refractivity contribution in [3.63, 3.8) is 0 Å². The lowest BCUT2D eigenvalue weighted by atomic mass is 9.92. The molecule has 0 saturated carbocycles.